The Hall–Kier alpha value is -5.19. The van der Waals surface area contributed by atoms with E-state index in [-0.39, 0.29) is 0 Å². The molecule has 0 bridgehead atoms. The van der Waals surface area contributed by atoms with Gasteiger partial charge in [-0.15, -0.1) is 0 Å². The van der Waals surface area contributed by atoms with E-state index in [1.807, 2.05) is 48.0 Å². The van der Waals surface area contributed by atoms with Crippen LogP contribution in [0.1, 0.15) is 25.0 Å². The van der Waals surface area contributed by atoms with Crippen LogP contribution < -0.4 is 31.3 Å². The summed E-state index contributed by atoms with van der Waals surface area (Å²) in [6, 6.07) is 55.9. The summed E-state index contributed by atoms with van der Waals surface area (Å²) in [5.74, 6) is 0. The van der Waals surface area contributed by atoms with Gasteiger partial charge in [-0.3, -0.25) is 0 Å². The largest absolute Gasteiger partial charge is 0.374 e. The molecule has 4 heteroatoms. The molecule has 3 nitrogen and oxygen atoms in total. The number of rotatable bonds is 9. The highest BCUT2D eigenvalue weighted by atomic mass is 16.3. The molecule has 0 aliphatic heterocycles. The first-order valence-electron chi connectivity index (χ1n) is 16.1. The van der Waals surface area contributed by atoms with Gasteiger partial charge in [0.25, 0.3) is 0 Å². The van der Waals surface area contributed by atoms with Crippen LogP contribution in [0.4, 0.5) is 5.69 Å². The van der Waals surface area contributed by atoms with Crippen LogP contribution in [0, 0.1) is 0 Å². The molecule has 0 aliphatic rings. The number of aliphatic hydroxyl groups excluding tert-OH is 1. The monoisotopic (exact) mass is 602 g/mol. The zero-order valence-corrected chi connectivity index (χ0v) is 27.0. The van der Waals surface area contributed by atoms with Crippen molar-refractivity contribution >= 4 is 45.8 Å². The van der Waals surface area contributed by atoms with Gasteiger partial charge in [0, 0.05) is 24.4 Å². The van der Waals surface area contributed by atoms with Crippen LogP contribution in [0.15, 0.2) is 170 Å². The van der Waals surface area contributed by atoms with Crippen LogP contribution >= 0.6 is 0 Å². The molecule has 0 radical (unpaired) electrons. The molecule has 1 unspecified atom stereocenters. The molecule has 6 aromatic rings. The minimum atomic E-state index is -1.22. The van der Waals surface area contributed by atoms with Gasteiger partial charge in [0.15, 0.2) is 12.4 Å². The van der Waals surface area contributed by atoms with Crippen LogP contribution in [-0.2, 0) is 7.05 Å². The van der Waals surface area contributed by atoms with E-state index in [1.165, 1.54) is 27.4 Å². The Labute approximate surface area is 274 Å². The summed E-state index contributed by atoms with van der Waals surface area (Å²) in [5.41, 5.74) is 8.72. The number of hydrogen-bond acceptors (Lipinski definition) is 2. The number of aliphatic hydroxyl groups is 1. The average molecular weight is 603 g/mol. The maximum Gasteiger partial charge on any atom is 0.169 e. The zero-order chi connectivity index (χ0) is 32.2. The quantitative estimate of drug-likeness (QED) is 0.127. The second-order valence-electron chi connectivity index (χ2n) is 11.6. The Bertz CT molecular complexity index is 1610. The van der Waals surface area contributed by atoms with Crippen LogP contribution in [0.5, 0.6) is 0 Å². The molecule has 0 fully saturated rings. The molecule has 5 aromatic carbocycles. The molecule has 0 saturated heterocycles. The summed E-state index contributed by atoms with van der Waals surface area (Å²) in [7, 11) is 2.01. The lowest BCUT2D eigenvalue weighted by Crippen LogP contribution is -2.74. The van der Waals surface area contributed by atoms with Crippen molar-refractivity contribution in [1.82, 2.24) is 0 Å². The average Bonchev–Trinajstić information content (AvgIpc) is 3.11. The number of aryl methyl sites for hydroxylation is 1. The lowest BCUT2D eigenvalue weighted by molar-refractivity contribution is -0.671. The highest BCUT2D eigenvalue weighted by molar-refractivity contribution is 7.19. The minimum absolute atomic E-state index is 0.471. The number of anilines is 1. The lowest BCUT2D eigenvalue weighted by atomic mass is 9.13. The predicted octanol–water partition coefficient (Wildman–Crippen LogP) is 5.91. The molecular formula is C42H43BN2O. The smallest absolute Gasteiger partial charge is 0.169 e. The van der Waals surface area contributed by atoms with Crippen molar-refractivity contribution in [3.8, 4) is 0 Å². The molecule has 230 valence electrons. The van der Waals surface area contributed by atoms with E-state index in [0.717, 1.165) is 17.8 Å². The van der Waals surface area contributed by atoms with Crippen molar-refractivity contribution in [2.24, 2.45) is 7.05 Å². The number of hydrogen-bond donors (Lipinski definition) is 1. The predicted molar refractivity (Wildman–Crippen MR) is 198 cm³/mol. The van der Waals surface area contributed by atoms with Crippen molar-refractivity contribution < 1.29 is 9.67 Å². The van der Waals surface area contributed by atoms with Gasteiger partial charge in [-0.1, -0.05) is 146 Å². The minimum Gasteiger partial charge on any atom is -0.374 e. The topological polar surface area (TPSA) is 27.4 Å². The van der Waals surface area contributed by atoms with Gasteiger partial charge in [0.05, 0.1) is 0 Å². The molecular weight excluding hydrogens is 559 g/mol. The Morgan fingerprint density at radius 3 is 1.24 bits per heavy atom. The molecule has 6 rings (SSSR count). The van der Waals surface area contributed by atoms with E-state index < -0.39 is 12.4 Å². The van der Waals surface area contributed by atoms with Gasteiger partial charge in [-0.2, -0.15) is 21.9 Å². The van der Waals surface area contributed by atoms with Gasteiger partial charge in [-0.25, -0.2) is 4.57 Å². The summed E-state index contributed by atoms with van der Waals surface area (Å²) in [6.45, 7) is 4.61. The van der Waals surface area contributed by atoms with Gasteiger partial charge in [0.1, 0.15) is 19.4 Å². The SMILES string of the molecule is CCN(c1ccc(/C=C/c2cc[n+](C)cc2)cc1)C(C)O.c1ccc([B-](c2ccccc2)(c2ccccc2)c2ccccc2)cc1. The van der Waals surface area contributed by atoms with Gasteiger partial charge in [0.2, 0.25) is 0 Å². The summed E-state index contributed by atoms with van der Waals surface area (Å²) in [5, 5.41) is 9.72. The van der Waals surface area contributed by atoms with Crippen molar-refractivity contribution in [3.63, 3.8) is 0 Å². The molecule has 0 saturated carbocycles. The highest BCUT2D eigenvalue weighted by Gasteiger charge is 2.31. The normalized spacial score (nSPS) is 11.8. The third kappa shape index (κ3) is 7.54. The van der Waals surface area contributed by atoms with E-state index in [9.17, 15) is 5.11 Å². The molecule has 0 spiro atoms. The van der Waals surface area contributed by atoms with Crippen molar-refractivity contribution in [2.75, 3.05) is 11.4 Å². The third-order valence-electron chi connectivity index (χ3n) is 8.69. The molecule has 1 atom stereocenters. The first-order chi connectivity index (χ1) is 22.5. The Balaban J connectivity index is 0.000000184. The standard InChI is InChI=1S/C24H20B.C18H23N2O/c1-5-13-21(14-6-1)25(22-15-7-2-8-16-22,23-17-9-3-10-18-23)24-19-11-4-12-20-24;1-4-20(15(2)21)18-9-7-16(8-10-18)5-6-17-11-13-19(3)14-12-17/h1-20H;5-15,21H,4H2,1-3H3/q-1;+1. The summed E-state index contributed by atoms with van der Waals surface area (Å²) in [4.78, 5) is 1.95. The molecule has 0 aliphatic carbocycles. The van der Waals surface area contributed by atoms with Gasteiger partial charge in [-0.05, 0) is 37.1 Å². The summed E-state index contributed by atoms with van der Waals surface area (Å²) >= 11 is 0. The van der Waals surface area contributed by atoms with E-state index in [2.05, 4.69) is 158 Å². The fraction of sp³-hybridized carbons (Fsp3) is 0.119. The van der Waals surface area contributed by atoms with E-state index in [4.69, 9.17) is 0 Å². The Morgan fingerprint density at radius 1 is 0.565 bits per heavy atom. The van der Waals surface area contributed by atoms with Gasteiger partial charge >= 0.3 is 0 Å². The molecule has 1 aromatic heterocycles. The Morgan fingerprint density at radius 2 is 0.913 bits per heavy atom. The number of pyridine rings is 1. The van der Waals surface area contributed by atoms with E-state index in [0.29, 0.717) is 0 Å². The van der Waals surface area contributed by atoms with Crippen molar-refractivity contribution in [2.45, 2.75) is 20.1 Å². The fourth-order valence-corrected chi connectivity index (χ4v) is 6.38. The van der Waals surface area contributed by atoms with Crippen LogP contribution in [0.3, 0.4) is 0 Å². The lowest BCUT2D eigenvalue weighted by Gasteiger charge is -2.44. The second-order valence-corrected chi connectivity index (χ2v) is 11.6. The van der Waals surface area contributed by atoms with Crippen molar-refractivity contribution in [1.29, 1.82) is 0 Å². The maximum atomic E-state index is 9.72. The molecule has 1 heterocycles. The summed E-state index contributed by atoms with van der Waals surface area (Å²) in [6.07, 6.45) is 6.57. The van der Waals surface area contributed by atoms with Crippen LogP contribution in [0.2, 0.25) is 0 Å². The van der Waals surface area contributed by atoms with Crippen LogP contribution in [0.25, 0.3) is 12.2 Å². The number of nitrogens with zero attached hydrogens (tertiary/aromatic N) is 2. The maximum absolute atomic E-state index is 9.72. The van der Waals surface area contributed by atoms with Gasteiger partial charge < -0.3 is 10.0 Å². The van der Waals surface area contributed by atoms with E-state index in [1.54, 1.807) is 6.92 Å². The highest BCUT2D eigenvalue weighted by Crippen LogP contribution is 2.18. The summed E-state index contributed by atoms with van der Waals surface area (Å²) < 4.78 is 2.02. The second kappa shape index (κ2) is 15.7. The molecule has 1 N–H and O–H groups in total. The number of benzene rings is 5. The van der Waals surface area contributed by atoms with Crippen LogP contribution in [-0.4, -0.2) is 24.0 Å². The first-order valence-corrected chi connectivity index (χ1v) is 16.1. The first kappa shape index (κ1) is 32.2. The van der Waals surface area contributed by atoms with Crippen molar-refractivity contribution in [3.05, 3.63) is 181 Å². The third-order valence-corrected chi connectivity index (χ3v) is 8.69. The number of aromatic nitrogens is 1. The Kier molecular flexibility index (Phi) is 11.0. The fourth-order valence-electron chi connectivity index (χ4n) is 6.38. The van der Waals surface area contributed by atoms with E-state index >= 15 is 0 Å². The molecule has 46 heavy (non-hydrogen) atoms. The molecule has 0 amide bonds. The zero-order valence-electron chi connectivity index (χ0n) is 27.0.